The Balaban J connectivity index is 1.26. The second-order valence-corrected chi connectivity index (χ2v) is 8.25. The molecule has 2 aliphatic rings. The maximum atomic E-state index is 13.4. The Morgan fingerprint density at radius 3 is 2.60 bits per heavy atom. The molecule has 6 nitrogen and oxygen atoms in total. The van der Waals surface area contributed by atoms with Gasteiger partial charge in [0.2, 0.25) is 5.91 Å². The van der Waals surface area contributed by atoms with E-state index in [9.17, 15) is 9.59 Å². The maximum Gasteiger partial charge on any atom is 0.254 e. The van der Waals surface area contributed by atoms with Crippen molar-refractivity contribution in [2.45, 2.75) is 38.1 Å². The number of furan rings is 1. The van der Waals surface area contributed by atoms with Crippen LogP contribution in [0.4, 0.5) is 0 Å². The molecule has 1 N–H and O–H groups in total. The summed E-state index contributed by atoms with van der Waals surface area (Å²) >= 11 is 0. The van der Waals surface area contributed by atoms with Crippen LogP contribution in [0, 0.1) is 5.92 Å². The smallest absolute Gasteiger partial charge is 0.254 e. The van der Waals surface area contributed by atoms with E-state index in [1.807, 2.05) is 47.4 Å². The van der Waals surface area contributed by atoms with E-state index in [2.05, 4.69) is 5.32 Å². The number of pyridine rings is 1. The summed E-state index contributed by atoms with van der Waals surface area (Å²) in [5.41, 5.74) is 2.66. The Morgan fingerprint density at radius 1 is 1.07 bits per heavy atom. The number of likely N-dealkylation sites (tertiary alicyclic amines) is 1. The zero-order valence-electron chi connectivity index (χ0n) is 16.8. The van der Waals surface area contributed by atoms with E-state index < -0.39 is 0 Å². The number of nitrogens with one attached hydrogen (secondary N) is 1. The molecule has 0 spiro atoms. The van der Waals surface area contributed by atoms with Crippen molar-refractivity contribution in [1.29, 1.82) is 0 Å². The highest BCUT2D eigenvalue weighted by atomic mass is 16.3. The third-order valence-electron chi connectivity index (χ3n) is 6.13. The minimum atomic E-state index is -0.0692. The van der Waals surface area contributed by atoms with Crippen LogP contribution in [0.2, 0.25) is 0 Å². The molecule has 6 heteroatoms. The molecule has 30 heavy (non-hydrogen) atoms. The van der Waals surface area contributed by atoms with Crippen molar-refractivity contribution in [2.75, 3.05) is 13.1 Å². The number of amides is 2. The highest BCUT2D eigenvalue weighted by molar-refractivity contribution is 6.06. The SMILES string of the molecule is O=C(NCc1ccco1)C1CCN(C(=O)c2cc(C3CC3)nc3ccccc23)CC1. The van der Waals surface area contributed by atoms with E-state index in [-0.39, 0.29) is 17.7 Å². The molecule has 5 rings (SSSR count). The molecule has 0 unspecified atom stereocenters. The third-order valence-corrected chi connectivity index (χ3v) is 6.13. The monoisotopic (exact) mass is 403 g/mol. The molecule has 0 bridgehead atoms. The lowest BCUT2D eigenvalue weighted by atomic mass is 9.95. The zero-order valence-corrected chi connectivity index (χ0v) is 16.8. The number of aromatic nitrogens is 1. The number of piperidine rings is 1. The molecule has 2 fully saturated rings. The summed E-state index contributed by atoms with van der Waals surface area (Å²) in [6, 6.07) is 13.5. The Morgan fingerprint density at radius 2 is 1.87 bits per heavy atom. The number of nitrogens with zero attached hydrogens (tertiary/aromatic N) is 2. The van der Waals surface area contributed by atoms with Crippen molar-refractivity contribution < 1.29 is 14.0 Å². The standard InChI is InChI=1S/C24H25N3O3/c28-23(25-15-18-4-3-13-30-18)17-9-11-27(12-10-17)24(29)20-14-22(16-7-8-16)26-21-6-2-1-5-19(20)21/h1-6,13-14,16-17H,7-12,15H2,(H,25,28). The summed E-state index contributed by atoms with van der Waals surface area (Å²) in [4.78, 5) is 32.5. The molecule has 3 aromatic rings. The van der Waals surface area contributed by atoms with Gasteiger partial charge in [-0.15, -0.1) is 0 Å². The highest BCUT2D eigenvalue weighted by Gasteiger charge is 2.31. The van der Waals surface area contributed by atoms with Crippen LogP contribution in [0.5, 0.6) is 0 Å². The van der Waals surface area contributed by atoms with Crippen LogP contribution in [0.1, 0.15) is 53.4 Å². The predicted octanol–water partition coefficient (Wildman–Crippen LogP) is 3.87. The van der Waals surface area contributed by atoms with Crippen molar-refractivity contribution in [3.05, 3.63) is 65.7 Å². The molecule has 1 saturated carbocycles. The first-order chi connectivity index (χ1) is 14.7. The molecule has 2 aromatic heterocycles. The van der Waals surface area contributed by atoms with Crippen molar-refractivity contribution in [3.63, 3.8) is 0 Å². The topological polar surface area (TPSA) is 75.4 Å². The normalized spacial score (nSPS) is 17.3. The van der Waals surface area contributed by atoms with Gasteiger partial charge < -0.3 is 14.6 Å². The number of carbonyl (C=O) groups is 2. The van der Waals surface area contributed by atoms with E-state index in [1.165, 1.54) is 0 Å². The zero-order chi connectivity index (χ0) is 20.5. The fraction of sp³-hybridized carbons (Fsp3) is 0.375. The molecule has 1 saturated heterocycles. The van der Waals surface area contributed by atoms with E-state index in [1.54, 1.807) is 6.26 Å². The number of carbonyl (C=O) groups excluding carboxylic acids is 2. The molecule has 154 valence electrons. The molecular weight excluding hydrogens is 378 g/mol. The molecule has 3 heterocycles. The van der Waals surface area contributed by atoms with Gasteiger partial charge >= 0.3 is 0 Å². The van der Waals surface area contributed by atoms with Gasteiger partial charge in [0, 0.05) is 36.0 Å². The molecule has 0 atom stereocenters. The van der Waals surface area contributed by atoms with Gasteiger partial charge in [0.05, 0.1) is 23.9 Å². The number of hydrogen-bond acceptors (Lipinski definition) is 4. The van der Waals surface area contributed by atoms with E-state index in [0.29, 0.717) is 38.4 Å². The Hall–Kier alpha value is -3.15. The first-order valence-corrected chi connectivity index (χ1v) is 10.7. The second-order valence-electron chi connectivity index (χ2n) is 8.25. The molecule has 1 aromatic carbocycles. The molecular formula is C24H25N3O3. The Labute approximate surface area is 175 Å². The lowest BCUT2D eigenvalue weighted by molar-refractivity contribution is -0.126. The van der Waals surface area contributed by atoms with Crippen LogP contribution < -0.4 is 5.32 Å². The quantitative estimate of drug-likeness (QED) is 0.702. The number of rotatable bonds is 5. The summed E-state index contributed by atoms with van der Waals surface area (Å²) in [7, 11) is 0. The van der Waals surface area contributed by atoms with Gasteiger partial charge in [0.25, 0.3) is 5.91 Å². The lowest BCUT2D eigenvalue weighted by Gasteiger charge is -2.31. The average Bonchev–Trinajstić information content (AvgIpc) is 3.52. The van der Waals surface area contributed by atoms with Gasteiger partial charge in [-0.2, -0.15) is 0 Å². The van der Waals surface area contributed by atoms with Gasteiger partial charge in [-0.1, -0.05) is 18.2 Å². The average molecular weight is 403 g/mol. The molecule has 2 amide bonds. The molecule has 0 radical (unpaired) electrons. The summed E-state index contributed by atoms with van der Waals surface area (Å²) in [5, 5.41) is 3.84. The summed E-state index contributed by atoms with van der Waals surface area (Å²) < 4.78 is 5.26. The van der Waals surface area contributed by atoms with Crippen molar-refractivity contribution in [1.82, 2.24) is 15.2 Å². The van der Waals surface area contributed by atoms with Gasteiger partial charge in [0.15, 0.2) is 0 Å². The van der Waals surface area contributed by atoms with Crippen LogP contribution in [-0.2, 0) is 11.3 Å². The highest BCUT2D eigenvalue weighted by Crippen LogP contribution is 2.40. The van der Waals surface area contributed by atoms with Crippen LogP contribution >= 0.6 is 0 Å². The summed E-state index contributed by atoms with van der Waals surface area (Å²) in [6.45, 7) is 1.58. The number of hydrogen-bond donors (Lipinski definition) is 1. The Bertz CT molecular complexity index is 1060. The van der Waals surface area contributed by atoms with Crippen LogP contribution in [-0.4, -0.2) is 34.8 Å². The van der Waals surface area contributed by atoms with Crippen LogP contribution in [0.25, 0.3) is 10.9 Å². The Kier molecular flexibility index (Phi) is 4.99. The van der Waals surface area contributed by atoms with E-state index in [4.69, 9.17) is 9.40 Å². The van der Waals surface area contributed by atoms with Gasteiger partial charge in [-0.05, 0) is 49.9 Å². The van der Waals surface area contributed by atoms with Gasteiger partial charge in [0.1, 0.15) is 5.76 Å². The third kappa shape index (κ3) is 3.82. The minimum Gasteiger partial charge on any atom is -0.467 e. The van der Waals surface area contributed by atoms with Crippen LogP contribution in [0.3, 0.4) is 0 Å². The number of para-hydroxylation sites is 1. The van der Waals surface area contributed by atoms with Gasteiger partial charge in [-0.25, -0.2) is 0 Å². The molecule has 1 aliphatic carbocycles. The lowest BCUT2D eigenvalue weighted by Crippen LogP contribution is -2.43. The largest absolute Gasteiger partial charge is 0.467 e. The second kappa shape index (κ2) is 7.94. The number of benzene rings is 1. The van der Waals surface area contributed by atoms with Crippen molar-refractivity contribution in [3.8, 4) is 0 Å². The fourth-order valence-electron chi connectivity index (χ4n) is 4.21. The van der Waals surface area contributed by atoms with E-state index >= 15 is 0 Å². The predicted molar refractivity (Wildman–Crippen MR) is 113 cm³/mol. The van der Waals surface area contributed by atoms with Crippen molar-refractivity contribution in [2.24, 2.45) is 5.92 Å². The minimum absolute atomic E-state index is 0.0314. The van der Waals surface area contributed by atoms with Crippen LogP contribution in [0.15, 0.2) is 53.1 Å². The first-order valence-electron chi connectivity index (χ1n) is 10.7. The maximum absolute atomic E-state index is 13.4. The van der Waals surface area contributed by atoms with E-state index in [0.717, 1.165) is 40.8 Å². The van der Waals surface area contributed by atoms with Crippen molar-refractivity contribution >= 4 is 22.7 Å². The molecule has 1 aliphatic heterocycles. The first kappa shape index (κ1) is 18.9. The van der Waals surface area contributed by atoms with Gasteiger partial charge in [-0.3, -0.25) is 14.6 Å². The fourth-order valence-corrected chi connectivity index (χ4v) is 4.21. The number of fused-ring (bicyclic) bond motifs is 1. The summed E-state index contributed by atoms with van der Waals surface area (Å²) in [5.74, 6) is 1.24. The summed E-state index contributed by atoms with van der Waals surface area (Å²) in [6.07, 6.45) is 5.25.